The highest BCUT2D eigenvalue weighted by Crippen LogP contribution is 2.11. The van der Waals surface area contributed by atoms with E-state index in [4.69, 9.17) is 5.11 Å². The Labute approximate surface area is 116 Å². The van der Waals surface area contributed by atoms with Gasteiger partial charge in [0.1, 0.15) is 12.2 Å². The molecule has 0 aliphatic carbocycles. The van der Waals surface area contributed by atoms with Crippen LogP contribution in [0, 0.1) is 0 Å². The lowest BCUT2D eigenvalue weighted by Crippen LogP contribution is -2.36. The Bertz CT molecular complexity index is 642. The molecule has 6 nitrogen and oxygen atoms in total. The van der Waals surface area contributed by atoms with Gasteiger partial charge >= 0.3 is 5.97 Å². The highest BCUT2D eigenvalue weighted by Gasteiger charge is 2.19. The van der Waals surface area contributed by atoms with E-state index < -0.39 is 5.97 Å². The predicted octanol–water partition coefficient (Wildman–Crippen LogP) is 1.57. The quantitative estimate of drug-likeness (QED) is 0.894. The molecule has 1 N–H and O–H groups in total. The molecule has 6 heteroatoms. The Morgan fingerprint density at radius 2 is 2.10 bits per heavy atom. The van der Waals surface area contributed by atoms with Crippen LogP contribution in [0.25, 0.3) is 11.0 Å². The lowest BCUT2D eigenvalue weighted by atomic mass is 10.2. The maximum Gasteiger partial charge on any atom is 0.323 e. The van der Waals surface area contributed by atoms with Crippen molar-refractivity contribution in [3.05, 3.63) is 36.2 Å². The Hall–Kier alpha value is -2.50. The van der Waals surface area contributed by atoms with E-state index in [0.29, 0.717) is 18.6 Å². The number of carbonyl (C=O) groups excluding carboxylic acids is 1. The SMILES string of the molecule is CCCN(CC(=O)O)C(=O)c1ccc2cccnc2n1. The fourth-order valence-electron chi connectivity index (χ4n) is 1.92. The van der Waals surface area contributed by atoms with Crippen molar-refractivity contribution in [3.63, 3.8) is 0 Å². The van der Waals surface area contributed by atoms with Crippen LogP contribution in [0.5, 0.6) is 0 Å². The summed E-state index contributed by atoms with van der Waals surface area (Å²) in [5.41, 5.74) is 0.691. The number of aromatic nitrogens is 2. The Morgan fingerprint density at radius 1 is 1.30 bits per heavy atom. The summed E-state index contributed by atoms with van der Waals surface area (Å²) in [4.78, 5) is 32.7. The highest BCUT2D eigenvalue weighted by atomic mass is 16.4. The molecular weight excluding hydrogens is 258 g/mol. The van der Waals surface area contributed by atoms with Crippen LogP contribution < -0.4 is 0 Å². The first kappa shape index (κ1) is 13.9. The van der Waals surface area contributed by atoms with E-state index >= 15 is 0 Å². The zero-order valence-electron chi connectivity index (χ0n) is 11.1. The third-order valence-electron chi connectivity index (χ3n) is 2.79. The van der Waals surface area contributed by atoms with Crippen molar-refractivity contribution in [2.75, 3.05) is 13.1 Å². The number of pyridine rings is 2. The molecule has 2 rings (SSSR count). The maximum atomic E-state index is 12.3. The first-order chi connectivity index (χ1) is 9.61. The van der Waals surface area contributed by atoms with Crippen LogP contribution in [-0.2, 0) is 4.79 Å². The van der Waals surface area contributed by atoms with E-state index in [9.17, 15) is 9.59 Å². The fourth-order valence-corrected chi connectivity index (χ4v) is 1.92. The summed E-state index contributed by atoms with van der Waals surface area (Å²) in [6, 6.07) is 6.99. The fraction of sp³-hybridized carbons (Fsp3) is 0.286. The van der Waals surface area contributed by atoms with Crippen LogP contribution in [0.4, 0.5) is 0 Å². The van der Waals surface area contributed by atoms with Gasteiger partial charge in [0.25, 0.3) is 5.91 Å². The number of aliphatic carboxylic acids is 1. The second-order valence-corrected chi connectivity index (χ2v) is 4.37. The van der Waals surface area contributed by atoms with Crippen LogP contribution in [0.1, 0.15) is 23.8 Å². The van der Waals surface area contributed by atoms with Gasteiger partial charge in [0.05, 0.1) is 0 Å². The minimum Gasteiger partial charge on any atom is -0.480 e. The van der Waals surface area contributed by atoms with Crippen molar-refractivity contribution in [2.24, 2.45) is 0 Å². The summed E-state index contributed by atoms with van der Waals surface area (Å²) >= 11 is 0. The molecule has 2 aromatic rings. The molecule has 2 aromatic heterocycles. The average Bonchev–Trinajstić information content (AvgIpc) is 2.45. The molecule has 0 saturated heterocycles. The number of fused-ring (bicyclic) bond motifs is 1. The van der Waals surface area contributed by atoms with Gasteiger partial charge in [-0.2, -0.15) is 0 Å². The zero-order chi connectivity index (χ0) is 14.5. The summed E-state index contributed by atoms with van der Waals surface area (Å²) in [5.74, 6) is -1.42. The largest absolute Gasteiger partial charge is 0.480 e. The third kappa shape index (κ3) is 3.09. The molecule has 104 valence electrons. The van der Waals surface area contributed by atoms with Gasteiger partial charge in [-0.05, 0) is 30.7 Å². The highest BCUT2D eigenvalue weighted by molar-refractivity contribution is 5.95. The first-order valence-electron chi connectivity index (χ1n) is 6.34. The van der Waals surface area contributed by atoms with Crippen molar-refractivity contribution < 1.29 is 14.7 Å². The van der Waals surface area contributed by atoms with E-state index in [1.807, 2.05) is 13.0 Å². The van der Waals surface area contributed by atoms with E-state index in [2.05, 4.69) is 9.97 Å². The smallest absolute Gasteiger partial charge is 0.323 e. The number of nitrogens with zero attached hydrogens (tertiary/aromatic N) is 3. The molecule has 0 bridgehead atoms. The number of carboxylic acids is 1. The van der Waals surface area contributed by atoms with E-state index in [0.717, 1.165) is 5.39 Å². The molecule has 1 amide bonds. The predicted molar refractivity (Wildman–Crippen MR) is 73.4 cm³/mol. The van der Waals surface area contributed by atoms with Gasteiger partial charge in [-0.15, -0.1) is 0 Å². The minimum atomic E-state index is -1.04. The molecule has 2 heterocycles. The normalized spacial score (nSPS) is 10.4. The Balaban J connectivity index is 2.30. The molecule has 0 spiro atoms. The third-order valence-corrected chi connectivity index (χ3v) is 2.79. The summed E-state index contributed by atoms with van der Waals surface area (Å²) in [5, 5.41) is 9.69. The Morgan fingerprint density at radius 3 is 2.80 bits per heavy atom. The van der Waals surface area contributed by atoms with Gasteiger partial charge < -0.3 is 10.0 Å². The number of hydrogen-bond donors (Lipinski definition) is 1. The standard InChI is InChI=1S/C14H15N3O3/c1-2-8-17(9-12(18)19)14(20)11-6-5-10-4-3-7-15-13(10)16-11/h3-7H,2,8-9H2,1H3,(H,18,19). The number of carbonyl (C=O) groups is 2. The van der Waals surface area contributed by atoms with Crippen LogP contribution in [0.15, 0.2) is 30.5 Å². The minimum absolute atomic E-state index is 0.214. The molecule has 0 aromatic carbocycles. The molecular formula is C14H15N3O3. The monoisotopic (exact) mass is 273 g/mol. The lowest BCUT2D eigenvalue weighted by molar-refractivity contribution is -0.137. The van der Waals surface area contributed by atoms with Crippen molar-refractivity contribution in [1.82, 2.24) is 14.9 Å². The maximum absolute atomic E-state index is 12.3. The molecule has 0 aliphatic heterocycles. The average molecular weight is 273 g/mol. The number of amides is 1. The summed E-state index contributed by atoms with van der Waals surface area (Å²) < 4.78 is 0. The Kier molecular flexibility index (Phi) is 4.24. The van der Waals surface area contributed by atoms with E-state index in [1.165, 1.54) is 4.90 Å². The van der Waals surface area contributed by atoms with Gasteiger partial charge in [0.15, 0.2) is 5.65 Å². The first-order valence-corrected chi connectivity index (χ1v) is 6.34. The zero-order valence-corrected chi connectivity index (χ0v) is 11.1. The van der Waals surface area contributed by atoms with Gasteiger partial charge in [-0.1, -0.05) is 6.92 Å². The van der Waals surface area contributed by atoms with E-state index in [1.54, 1.807) is 24.4 Å². The van der Waals surface area contributed by atoms with Crippen LogP contribution >= 0.6 is 0 Å². The molecule has 20 heavy (non-hydrogen) atoms. The molecule has 0 unspecified atom stereocenters. The summed E-state index contributed by atoms with van der Waals surface area (Å²) in [7, 11) is 0. The summed E-state index contributed by atoms with van der Waals surface area (Å²) in [6.45, 7) is 1.94. The van der Waals surface area contributed by atoms with E-state index in [-0.39, 0.29) is 18.1 Å². The van der Waals surface area contributed by atoms with Crippen LogP contribution in [0.2, 0.25) is 0 Å². The molecule has 0 fully saturated rings. The molecule has 0 saturated carbocycles. The molecule has 0 radical (unpaired) electrons. The number of rotatable bonds is 5. The van der Waals surface area contributed by atoms with Gasteiger partial charge in [0.2, 0.25) is 0 Å². The van der Waals surface area contributed by atoms with Crippen LogP contribution in [0.3, 0.4) is 0 Å². The van der Waals surface area contributed by atoms with Crippen LogP contribution in [-0.4, -0.2) is 44.9 Å². The number of hydrogen-bond acceptors (Lipinski definition) is 4. The number of carboxylic acid groups (broad SMARTS) is 1. The van der Waals surface area contributed by atoms with Gasteiger partial charge in [-0.25, -0.2) is 9.97 Å². The van der Waals surface area contributed by atoms with Crippen molar-refractivity contribution in [1.29, 1.82) is 0 Å². The lowest BCUT2D eigenvalue weighted by Gasteiger charge is -2.19. The van der Waals surface area contributed by atoms with Crippen molar-refractivity contribution in [2.45, 2.75) is 13.3 Å². The summed E-state index contributed by atoms with van der Waals surface area (Å²) in [6.07, 6.45) is 2.29. The molecule has 0 aliphatic rings. The van der Waals surface area contributed by atoms with Gasteiger partial charge in [0, 0.05) is 18.1 Å². The molecule has 0 atom stereocenters. The van der Waals surface area contributed by atoms with Gasteiger partial charge in [-0.3, -0.25) is 9.59 Å². The van der Waals surface area contributed by atoms with Crippen molar-refractivity contribution in [3.8, 4) is 0 Å². The second kappa shape index (κ2) is 6.10. The second-order valence-electron chi connectivity index (χ2n) is 4.37. The van der Waals surface area contributed by atoms with Crippen molar-refractivity contribution >= 4 is 22.9 Å². The topological polar surface area (TPSA) is 83.4 Å².